The first-order valence-corrected chi connectivity index (χ1v) is 6.57. The normalized spacial score (nSPS) is 25.6. The molecule has 0 amide bonds. The number of fused-ring (bicyclic) bond motifs is 1. The van der Waals surface area contributed by atoms with Gasteiger partial charge in [0, 0.05) is 49.4 Å². The van der Waals surface area contributed by atoms with Crippen molar-refractivity contribution in [3.05, 3.63) is 23.3 Å². The topological polar surface area (TPSA) is 41.1 Å². The van der Waals surface area contributed by atoms with Gasteiger partial charge in [0.1, 0.15) is 5.82 Å². The van der Waals surface area contributed by atoms with E-state index in [-0.39, 0.29) is 0 Å². The van der Waals surface area contributed by atoms with Crippen LogP contribution in [0.4, 0.5) is 0 Å². The first kappa shape index (κ1) is 11.1. The van der Waals surface area contributed by atoms with Gasteiger partial charge in [-0.3, -0.25) is 0 Å². The summed E-state index contributed by atoms with van der Waals surface area (Å²) >= 11 is 0. The van der Waals surface area contributed by atoms with Crippen LogP contribution in [0.5, 0.6) is 0 Å². The van der Waals surface area contributed by atoms with E-state index in [0.717, 1.165) is 31.9 Å². The lowest BCUT2D eigenvalue weighted by Gasteiger charge is -2.29. The van der Waals surface area contributed by atoms with Crippen molar-refractivity contribution in [2.75, 3.05) is 26.7 Å². The molecule has 1 aromatic heterocycles. The zero-order chi connectivity index (χ0) is 11.7. The molecule has 0 spiro atoms. The molecule has 0 bridgehead atoms. The highest BCUT2D eigenvalue weighted by molar-refractivity contribution is 5.21. The second-order valence-corrected chi connectivity index (χ2v) is 5.23. The lowest BCUT2D eigenvalue weighted by atomic mass is 9.97. The summed E-state index contributed by atoms with van der Waals surface area (Å²) in [4.78, 5) is 11.8. The summed E-state index contributed by atoms with van der Waals surface area (Å²) in [5.41, 5.74) is 2.55. The molecule has 4 nitrogen and oxygen atoms in total. The summed E-state index contributed by atoms with van der Waals surface area (Å²) in [6.45, 7) is 4.30. The van der Waals surface area contributed by atoms with Crippen molar-refractivity contribution in [1.29, 1.82) is 0 Å². The number of nitrogens with one attached hydrogen (secondary N) is 1. The van der Waals surface area contributed by atoms with Crippen LogP contribution in [-0.4, -0.2) is 41.5 Å². The Hall–Kier alpha value is -1.00. The molecule has 3 heterocycles. The Morgan fingerprint density at radius 3 is 3.29 bits per heavy atom. The molecule has 0 radical (unpaired) electrons. The van der Waals surface area contributed by atoms with Gasteiger partial charge in [-0.1, -0.05) is 0 Å². The average Bonchev–Trinajstić information content (AvgIpc) is 2.38. The second-order valence-electron chi connectivity index (χ2n) is 5.23. The van der Waals surface area contributed by atoms with Crippen LogP contribution in [0.15, 0.2) is 6.20 Å². The summed E-state index contributed by atoms with van der Waals surface area (Å²) in [5, 5.41) is 3.36. The summed E-state index contributed by atoms with van der Waals surface area (Å²) in [6.07, 6.45) is 5.58. The quantitative estimate of drug-likeness (QED) is 0.782. The molecular formula is C13H20N4. The van der Waals surface area contributed by atoms with E-state index in [1.54, 1.807) is 0 Å². The maximum atomic E-state index is 4.79. The maximum absolute atomic E-state index is 4.79. The zero-order valence-corrected chi connectivity index (χ0v) is 10.4. The highest BCUT2D eigenvalue weighted by Crippen LogP contribution is 2.24. The lowest BCUT2D eigenvalue weighted by Crippen LogP contribution is -2.32. The Bertz CT molecular complexity index is 404. The van der Waals surface area contributed by atoms with Crippen molar-refractivity contribution in [3.63, 3.8) is 0 Å². The van der Waals surface area contributed by atoms with E-state index >= 15 is 0 Å². The molecule has 1 atom stereocenters. The maximum Gasteiger partial charge on any atom is 0.132 e. The fourth-order valence-corrected chi connectivity index (χ4v) is 2.83. The molecule has 3 rings (SSSR count). The molecule has 92 valence electrons. The van der Waals surface area contributed by atoms with Gasteiger partial charge in [0.25, 0.3) is 0 Å². The molecule has 4 heteroatoms. The molecule has 1 unspecified atom stereocenters. The first-order valence-electron chi connectivity index (χ1n) is 6.57. The molecule has 17 heavy (non-hydrogen) atoms. The number of nitrogens with zero attached hydrogens (tertiary/aromatic N) is 3. The highest BCUT2D eigenvalue weighted by atomic mass is 15.1. The van der Waals surface area contributed by atoms with E-state index < -0.39 is 0 Å². The molecule has 1 N–H and O–H groups in total. The molecule has 1 saturated heterocycles. The summed E-state index contributed by atoms with van der Waals surface area (Å²) in [5.74, 6) is 1.60. The van der Waals surface area contributed by atoms with Gasteiger partial charge >= 0.3 is 0 Å². The van der Waals surface area contributed by atoms with Gasteiger partial charge in [-0.15, -0.1) is 0 Å². The van der Waals surface area contributed by atoms with Crippen LogP contribution >= 0.6 is 0 Å². The summed E-state index contributed by atoms with van der Waals surface area (Å²) in [7, 11) is 2.19. The standard InChI is InChI=1S/C13H20N4/c1-17-6-2-3-10(9-17)13-15-8-11-7-14-5-4-12(11)16-13/h8,10,14H,2-7,9H2,1H3. The third-order valence-corrected chi connectivity index (χ3v) is 3.82. The molecule has 2 aliphatic rings. The van der Waals surface area contributed by atoms with Crippen molar-refractivity contribution < 1.29 is 0 Å². The van der Waals surface area contributed by atoms with Gasteiger partial charge < -0.3 is 10.2 Å². The van der Waals surface area contributed by atoms with E-state index in [9.17, 15) is 0 Å². The van der Waals surface area contributed by atoms with Gasteiger partial charge in [-0.2, -0.15) is 0 Å². The van der Waals surface area contributed by atoms with Crippen LogP contribution in [0, 0.1) is 0 Å². The Balaban J connectivity index is 1.83. The fourth-order valence-electron chi connectivity index (χ4n) is 2.83. The highest BCUT2D eigenvalue weighted by Gasteiger charge is 2.22. The Morgan fingerprint density at radius 1 is 1.47 bits per heavy atom. The molecular weight excluding hydrogens is 212 g/mol. The van der Waals surface area contributed by atoms with Gasteiger partial charge in [0.05, 0.1) is 0 Å². The summed E-state index contributed by atoms with van der Waals surface area (Å²) in [6, 6.07) is 0. The minimum atomic E-state index is 0.536. The van der Waals surface area contributed by atoms with Crippen molar-refractivity contribution in [1.82, 2.24) is 20.2 Å². The Labute approximate surface area is 102 Å². The second kappa shape index (κ2) is 4.70. The number of likely N-dealkylation sites (N-methyl/N-ethyl adjacent to an activating group) is 1. The van der Waals surface area contributed by atoms with E-state index in [2.05, 4.69) is 22.2 Å². The van der Waals surface area contributed by atoms with Crippen LogP contribution in [0.1, 0.15) is 35.8 Å². The number of hydrogen-bond donors (Lipinski definition) is 1. The lowest BCUT2D eigenvalue weighted by molar-refractivity contribution is 0.245. The molecule has 0 saturated carbocycles. The van der Waals surface area contributed by atoms with E-state index in [0.29, 0.717) is 5.92 Å². The average molecular weight is 232 g/mol. The molecule has 2 aliphatic heterocycles. The number of rotatable bonds is 1. The third kappa shape index (κ3) is 2.33. The van der Waals surface area contributed by atoms with Crippen LogP contribution in [-0.2, 0) is 13.0 Å². The van der Waals surface area contributed by atoms with Crippen LogP contribution in [0.3, 0.4) is 0 Å². The predicted molar refractivity (Wildman–Crippen MR) is 66.9 cm³/mol. The fraction of sp³-hybridized carbons (Fsp3) is 0.692. The van der Waals surface area contributed by atoms with Crippen molar-refractivity contribution in [2.45, 2.75) is 31.7 Å². The van der Waals surface area contributed by atoms with Crippen LogP contribution in [0.2, 0.25) is 0 Å². The largest absolute Gasteiger partial charge is 0.312 e. The molecule has 1 fully saturated rings. The number of aromatic nitrogens is 2. The van der Waals surface area contributed by atoms with Gasteiger partial charge in [-0.25, -0.2) is 9.97 Å². The molecule has 0 aromatic carbocycles. The van der Waals surface area contributed by atoms with Crippen molar-refractivity contribution in [3.8, 4) is 0 Å². The summed E-state index contributed by atoms with van der Waals surface area (Å²) < 4.78 is 0. The first-order chi connectivity index (χ1) is 8.33. The van der Waals surface area contributed by atoms with Gasteiger partial charge in [-0.05, 0) is 26.4 Å². The zero-order valence-electron chi connectivity index (χ0n) is 10.4. The Kier molecular flexibility index (Phi) is 3.07. The third-order valence-electron chi connectivity index (χ3n) is 3.82. The van der Waals surface area contributed by atoms with E-state index in [4.69, 9.17) is 4.98 Å². The SMILES string of the molecule is CN1CCCC(c2ncc3c(n2)CCNC3)C1. The monoisotopic (exact) mass is 232 g/mol. The number of piperidine rings is 1. The van der Waals surface area contributed by atoms with Crippen LogP contribution in [0.25, 0.3) is 0 Å². The number of hydrogen-bond acceptors (Lipinski definition) is 4. The minimum absolute atomic E-state index is 0.536. The van der Waals surface area contributed by atoms with Gasteiger partial charge in [0.2, 0.25) is 0 Å². The Morgan fingerprint density at radius 2 is 2.41 bits per heavy atom. The van der Waals surface area contributed by atoms with E-state index in [1.165, 1.54) is 30.6 Å². The molecule has 0 aliphatic carbocycles. The predicted octanol–water partition coefficient (Wildman–Crippen LogP) is 0.931. The van der Waals surface area contributed by atoms with Gasteiger partial charge in [0.15, 0.2) is 0 Å². The van der Waals surface area contributed by atoms with Crippen molar-refractivity contribution in [2.24, 2.45) is 0 Å². The smallest absolute Gasteiger partial charge is 0.132 e. The molecule has 1 aromatic rings. The number of likely N-dealkylation sites (tertiary alicyclic amines) is 1. The van der Waals surface area contributed by atoms with Crippen LogP contribution < -0.4 is 5.32 Å². The van der Waals surface area contributed by atoms with Crippen molar-refractivity contribution >= 4 is 0 Å². The van der Waals surface area contributed by atoms with E-state index in [1.807, 2.05) is 6.20 Å². The minimum Gasteiger partial charge on any atom is -0.312 e.